The Bertz CT molecular complexity index is 1250. The molecule has 7 atom stereocenters. The summed E-state index contributed by atoms with van der Waals surface area (Å²) in [6.45, 7) is 4.17. The number of nitrogens with one attached hydrogen (secondary N) is 1. The van der Waals surface area contributed by atoms with Crippen molar-refractivity contribution in [3.8, 4) is 0 Å². The van der Waals surface area contributed by atoms with Gasteiger partial charge in [-0.1, -0.05) is 204 Å². The Labute approximate surface area is 408 Å². The molecule has 0 aliphatic carbocycles. The summed E-state index contributed by atoms with van der Waals surface area (Å²) >= 11 is 0. The molecular formula is C56H101NO10. The first-order chi connectivity index (χ1) is 32.7. The summed E-state index contributed by atoms with van der Waals surface area (Å²) in [5, 5.41) is 54.0. The third-order valence-corrected chi connectivity index (χ3v) is 12.7. The molecule has 0 radical (unpaired) electrons. The van der Waals surface area contributed by atoms with Gasteiger partial charge in [-0.25, -0.2) is 0 Å². The van der Waals surface area contributed by atoms with Gasteiger partial charge in [0.15, 0.2) is 6.29 Å². The number of rotatable bonds is 46. The minimum atomic E-state index is -1.59. The van der Waals surface area contributed by atoms with Crippen molar-refractivity contribution in [3.63, 3.8) is 0 Å². The zero-order chi connectivity index (χ0) is 48.8. The molecule has 6 N–H and O–H groups in total. The standard InChI is InChI=1S/C56H101NO10/c1-3-5-7-9-11-13-14-15-16-17-18-21-24-28-32-36-40-44-52(61)65-45-41-37-33-29-25-22-19-20-23-27-31-35-39-43-51(60)57-48(49(59)42-38-34-30-26-12-10-8-6-4-2)47-66-56-55(64)54(63)53(62)50(46-58)67-56/h12,20,23,26,31,35,38,42,48-50,53-56,58-59,62-64H,3-11,13-19,21-22,24-25,27-30,32-34,36-37,39-41,43-47H2,1-2H3,(H,57,60)/b23-20-,26-12+,35-31-,42-38+. The predicted molar refractivity (Wildman–Crippen MR) is 274 cm³/mol. The third-order valence-electron chi connectivity index (χ3n) is 12.7. The van der Waals surface area contributed by atoms with E-state index in [9.17, 15) is 35.1 Å². The predicted octanol–water partition coefficient (Wildman–Crippen LogP) is 11.7. The van der Waals surface area contributed by atoms with Gasteiger partial charge in [-0.3, -0.25) is 9.59 Å². The van der Waals surface area contributed by atoms with Crippen LogP contribution in [0.25, 0.3) is 0 Å². The van der Waals surface area contributed by atoms with Gasteiger partial charge in [-0.15, -0.1) is 0 Å². The quantitative estimate of drug-likeness (QED) is 0.0196. The summed E-state index contributed by atoms with van der Waals surface area (Å²) in [6, 6.07) is -0.870. The van der Waals surface area contributed by atoms with Crippen LogP contribution in [0.3, 0.4) is 0 Å². The van der Waals surface area contributed by atoms with Gasteiger partial charge in [0.05, 0.1) is 32.0 Å². The van der Waals surface area contributed by atoms with E-state index in [2.05, 4.69) is 43.5 Å². The third kappa shape index (κ3) is 36.3. The van der Waals surface area contributed by atoms with Crippen LogP contribution in [0, 0.1) is 0 Å². The van der Waals surface area contributed by atoms with Crippen molar-refractivity contribution < 1.29 is 49.3 Å². The van der Waals surface area contributed by atoms with Gasteiger partial charge in [-0.05, 0) is 64.2 Å². The summed E-state index contributed by atoms with van der Waals surface area (Å²) < 4.78 is 16.6. The molecule has 11 nitrogen and oxygen atoms in total. The Balaban J connectivity index is 2.13. The number of hydrogen-bond acceptors (Lipinski definition) is 10. The number of carbonyl (C=O) groups excluding carboxylic acids is 2. The Morgan fingerprint density at radius 3 is 1.63 bits per heavy atom. The zero-order valence-electron chi connectivity index (χ0n) is 42.6. The van der Waals surface area contributed by atoms with E-state index in [1.165, 1.54) is 128 Å². The molecule has 7 unspecified atom stereocenters. The van der Waals surface area contributed by atoms with Crippen molar-refractivity contribution in [1.29, 1.82) is 0 Å². The highest BCUT2D eigenvalue weighted by Crippen LogP contribution is 2.23. The lowest BCUT2D eigenvalue weighted by molar-refractivity contribution is -0.302. The Morgan fingerprint density at radius 1 is 0.552 bits per heavy atom. The number of amides is 1. The number of ether oxygens (including phenoxy) is 3. The highest BCUT2D eigenvalue weighted by molar-refractivity contribution is 5.76. The molecule has 390 valence electrons. The first-order valence-corrected chi connectivity index (χ1v) is 27.4. The van der Waals surface area contributed by atoms with E-state index in [0.717, 1.165) is 70.6 Å². The van der Waals surface area contributed by atoms with Crippen molar-refractivity contribution in [2.24, 2.45) is 0 Å². The second-order valence-electron chi connectivity index (χ2n) is 18.9. The maximum absolute atomic E-state index is 12.9. The largest absolute Gasteiger partial charge is 0.466 e. The number of unbranched alkanes of at least 4 members (excludes halogenated alkanes) is 26. The number of esters is 1. The fourth-order valence-corrected chi connectivity index (χ4v) is 8.26. The SMILES string of the molecule is CCCCC/C=C/CC/C=C/C(O)C(COC1OC(CO)C(O)C(O)C1O)NC(=O)CC/C=C\C/C=C\CCCCCCCCOC(=O)CCCCCCCCCCCCCCCCCCC. The molecule has 11 heteroatoms. The monoisotopic (exact) mass is 948 g/mol. The molecule has 0 saturated carbocycles. The number of aliphatic hydroxyl groups excluding tert-OH is 5. The average Bonchev–Trinajstić information content (AvgIpc) is 3.32. The van der Waals surface area contributed by atoms with Crippen molar-refractivity contribution >= 4 is 11.9 Å². The Kier molecular flexibility index (Phi) is 43.0. The molecule has 0 aromatic rings. The van der Waals surface area contributed by atoms with Gasteiger partial charge in [0.2, 0.25) is 5.91 Å². The molecule has 67 heavy (non-hydrogen) atoms. The Hall–Kier alpha value is -2.38. The van der Waals surface area contributed by atoms with Gasteiger partial charge in [0.25, 0.3) is 0 Å². The van der Waals surface area contributed by atoms with Crippen LogP contribution >= 0.6 is 0 Å². The fourth-order valence-electron chi connectivity index (χ4n) is 8.26. The minimum absolute atomic E-state index is 0.0375. The first kappa shape index (κ1) is 62.6. The van der Waals surface area contributed by atoms with E-state index in [1.807, 2.05) is 18.2 Å². The van der Waals surface area contributed by atoms with E-state index < -0.39 is 49.5 Å². The van der Waals surface area contributed by atoms with Crippen LogP contribution in [-0.2, 0) is 23.8 Å². The highest BCUT2D eigenvalue weighted by Gasteiger charge is 2.44. The van der Waals surface area contributed by atoms with Crippen LogP contribution in [-0.4, -0.2) is 100 Å². The van der Waals surface area contributed by atoms with Crippen molar-refractivity contribution in [3.05, 3.63) is 48.6 Å². The van der Waals surface area contributed by atoms with E-state index in [0.29, 0.717) is 19.4 Å². The number of aliphatic hydroxyl groups is 5. The second-order valence-corrected chi connectivity index (χ2v) is 18.9. The molecule has 1 saturated heterocycles. The van der Waals surface area contributed by atoms with Crippen LogP contribution in [0.2, 0.25) is 0 Å². The maximum Gasteiger partial charge on any atom is 0.305 e. The van der Waals surface area contributed by atoms with Crippen LogP contribution in [0.15, 0.2) is 48.6 Å². The molecule has 0 aromatic carbocycles. The van der Waals surface area contributed by atoms with Crippen molar-refractivity contribution in [2.45, 2.75) is 275 Å². The average molecular weight is 948 g/mol. The molecule has 1 fully saturated rings. The topological polar surface area (TPSA) is 175 Å². The second kappa shape index (κ2) is 46.0. The number of allylic oxidation sites excluding steroid dienone is 7. The number of hydrogen-bond donors (Lipinski definition) is 6. The molecule has 1 aliphatic heterocycles. The first-order valence-electron chi connectivity index (χ1n) is 27.4. The van der Waals surface area contributed by atoms with Gasteiger partial charge < -0.3 is 45.1 Å². The maximum atomic E-state index is 12.9. The lowest BCUT2D eigenvalue weighted by atomic mass is 9.99. The van der Waals surface area contributed by atoms with E-state index >= 15 is 0 Å². The molecular weight excluding hydrogens is 847 g/mol. The van der Waals surface area contributed by atoms with E-state index in [4.69, 9.17) is 14.2 Å². The van der Waals surface area contributed by atoms with E-state index in [-0.39, 0.29) is 24.9 Å². The summed E-state index contributed by atoms with van der Waals surface area (Å²) in [7, 11) is 0. The van der Waals surface area contributed by atoms with Crippen molar-refractivity contribution in [1.82, 2.24) is 5.32 Å². The van der Waals surface area contributed by atoms with Crippen molar-refractivity contribution in [2.75, 3.05) is 19.8 Å². The molecule has 0 bridgehead atoms. The van der Waals surface area contributed by atoms with Gasteiger partial charge >= 0.3 is 5.97 Å². The molecule has 1 rings (SSSR count). The van der Waals surface area contributed by atoms with Gasteiger partial charge in [0.1, 0.15) is 24.4 Å². The summed E-state index contributed by atoms with van der Waals surface area (Å²) in [5.41, 5.74) is 0. The zero-order valence-corrected chi connectivity index (χ0v) is 42.6. The van der Waals surface area contributed by atoms with Crippen LogP contribution in [0.4, 0.5) is 0 Å². The Morgan fingerprint density at radius 2 is 1.03 bits per heavy atom. The molecule has 1 aliphatic rings. The minimum Gasteiger partial charge on any atom is -0.466 e. The van der Waals surface area contributed by atoms with Gasteiger partial charge in [0, 0.05) is 12.8 Å². The van der Waals surface area contributed by atoms with Crippen LogP contribution < -0.4 is 5.32 Å². The van der Waals surface area contributed by atoms with Crippen LogP contribution in [0.5, 0.6) is 0 Å². The van der Waals surface area contributed by atoms with Gasteiger partial charge in [-0.2, -0.15) is 0 Å². The van der Waals surface area contributed by atoms with E-state index in [1.54, 1.807) is 6.08 Å². The molecule has 1 amide bonds. The summed E-state index contributed by atoms with van der Waals surface area (Å²) in [4.78, 5) is 25.0. The highest BCUT2D eigenvalue weighted by atomic mass is 16.7. The van der Waals surface area contributed by atoms with Crippen LogP contribution in [0.1, 0.15) is 232 Å². The summed E-state index contributed by atoms with van der Waals surface area (Å²) in [6.07, 6.45) is 46.6. The smallest absolute Gasteiger partial charge is 0.305 e. The lowest BCUT2D eigenvalue weighted by Crippen LogP contribution is -2.60. The summed E-state index contributed by atoms with van der Waals surface area (Å²) in [5.74, 6) is -0.313. The lowest BCUT2D eigenvalue weighted by Gasteiger charge is -2.40. The normalized spacial score (nSPS) is 19.9. The molecule has 0 aromatic heterocycles. The number of carbonyl (C=O) groups is 2. The molecule has 1 heterocycles. The fraction of sp³-hybridized carbons (Fsp3) is 0.821. The molecule has 0 spiro atoms.